The number of methoxy groups -OCH3 is 1. The highest BCUT2D eigenvalue weighted by Gasteiger charge is 2.36. The number of nitrogens with one attached hydrogen (secondary N) is 2. The number of anilines is 2. The molecule has 2 aliphatic rings. The van der Waals surface area contributed by atoms with Crippen LogP contribution in [0, 0.1) is 23.5 Å². The van der Waals surface area contributed by atoms with Crippen molar-refractivity contribution in [3.63, 3.8) is 0 Å². The number of imidazole rings is 1. The molecule has 6 rings (SSSR count). The van der Waals surface area contributed by atoms with Gasteiger partial charge in [-0.2, -0.15) is 4.39 Å². The lowest BCUT2D eigenvalue weighted by molar-refractivity contribution is -0.132. The molecule has 0 radical (unpaired) electrons. The molecule has 45 heavy (non-hydrogen) atoms. The first-order chi connectivity index (χ1) is 21.8. The summed E-state index contributed by atoms with van der Waals surface area (Å²) in [5.41, 5.74) is 2.95. The summed E-state index contributed by atoms with van der Waals surface area (Å²) in [6.07, 6.45) is 6.42. The van der Waals surface area contributed by atoms with Crippen molar-refractivity contribution in [1.29, 1.82) is 0 Å². The Balaban J connectivity index is 1.17. The highest BCUT2D eigenvalue weighted by atomic mass is 19.2. The number of benzene rings is 2. The molecule has 1 amide bonds. The molecule has 0 spiro atoms. The molecule has 236 valence electrons. The van der Waals surface area contributed by atoms with Gasteiger partial charge in [-0.05, 0) is 68.1 Å². The van der Waals surface area contributed by atoms with Crippen LogP contribution in [0.3, 0.4) is 0 Å². The van der Waals surface area contributed by atoms with Crippen LogP contribution in [-0.2, 0) is 11.2 Å². The van der Waals surface area contributed by atoms with E-state index in [1.165, 1.54) is 31.6 Å². The maximum Gasteiger partial charge on any atom is 0.254 e. The monoisotopic (exact) mass is 618 g/mol. The number of aromatic nitrogens is 3. The summed E-state index contributed by atoms with van der Waals surface area (Å²) in [5, 5.41) is 16.7. The zero-order chi connectivity index (χ0) is 31.7. The summed E-state index contributed by atoms with van der Waals surface area (Å²) in [5.74, 6) is -2.30. The SMILES string of the molecule is CCc1cc(Nc2nccn3c(-c4ccc(OC)c(F)c4F)cnc23)ccc1C(=O)N1CCC(C(=O)[C@@H]2CCNC[C@@H]2O)CC1. The number of fused-ring (bicyclic) bond motifs is 1. The minimum absolute atomic E-state index is 0.0337. The third-order valence-corrected chi connectivity index (χ3v) is 8.95. The van der Waals surface area contributed by atoms with Crippen molar-refractivity contribution < 1.29 is 28.2 Å². The lowest BCUT2D eigenvalue weighted by Gasteiger charge is -2.35. The maximum absolute atomic E-state index is 14.9. The van der Waals surface area contributed by atoms with E-state index >= 15 is 0 Å². The number of aryl methyl sites for hydroxylation is 1. The van der Waals surface area contributed by atoms with Crippen LogP contribution in [0.4, 0.5) is 20.3 Å². The standard InChI is InChI=1S/C33H36F2N6O4/c1-3-19-16-21(4-5-22(19)33(44)40-13-9-20(10-14-40)30(43)24-8-11-36-18-26(24)42)39-31-32-38-17-25(41(32)15-12-37-31)23-6-7-27(45-2)29(35)28(23)34/h4-7,12,15-17,20,24,26,36,42H,3,8-11,13-14,18H2,1-2H3,(H,37,39)/t24-,26+/m1/s1. The van der Waals surface area contributed by atoms with E-state index in [4.69, 9.17) is 4.74 Å². The second kappa shape index (κ2) is 12.9. The van der Waals surface area contributed by atoms with Gasteiger partial charge in [0.25, 0.3) is 5.91 Å². The van der Waals surface area contributed by atoms with Crippen LogP contribution in [0.2, 0.25) is 0 Å². The van der Waals surface area contributed by atoms with Gasteiger partial charge in [-0.1, -0.05) is 6.92 Å². The molecule has 0 bridgehead atoms. The van der Waals surface area contributed by atoms with Crippen molar-refractivity contribution in [2.24, 2.45) is 11.8 Å². The van der Waals surface area contributed by atoms with E-state index in [0.29, 0.717) is 73.7 Å². The first-order valence-corrected chi connectivity index (χ1v) is 15.3. The lowest BCUT2D eigenvalue weighted by Crippen LogP contribution is -2.48. The summed E-state index contributed by atoms with van der Waals surface area (Å²) in [6, 6.07) is 8.30. The van der Waals surface area contributed by atoms with Crippen LogP contribution >= 0.6 is 0 Å². The number of halogens is 2. The maximum atomic E-state index is 14.9. The predicted molar refractivity (Wildman–Crippen MR) is 165 cm³/mol. The summed E-state index contributed by atoms with van der Waals surface area (Å²) in [7, 11) is 1.28. The number of hydrogen-bond acceptors (Lipinski definition) is 8. The second-order valence-electron chi connectivity index (χ2n) is 11.5. The van der Waals surface area contributed by atoms with Gasteiger partial charge in [-0.3, -0.25) is 14.0 Å². The Morgan fingerprint density at radius 3 is 2.64 bits per heavy atom. The number of amides is 1. The van der Waals surface area contributed by atoms with Crippen LogP contribution in [0.25, 0.3) is 16.9 Å². The molecule has 0 unspecified atom stereocenters. The Kier molecular flexibility index (Phi) is 8.77. The number of hydrogen-bond donors (Lipinski definition) is 3. The van der Waals surface area contributed by atoms with Gasteiger partial charge in [0.2, 0.25) is 5.82 Å². The minimum Gasteiger partial charge on any atom is -0.494 e. The molecule has 3 N–H and O–H groups in total. The molecule has 10 nitrogen and oxygen atoms in total. The normalized spacial score (nSPS) is 19.1. The van der Waals surface area contributed by atoms with Gasteiger partial charge in [0, 0.05) is 60.7 Å². The fourth-order valence-corrected chi connectivity index (χ4v) is 6.42. The number of β-amino-alcohol motifs (C(OH)–C–C–N with tert-alkyl or cyclic N) is 1. The molecule has 2 saturated heterocycles. The van der Waals surface area contributed by atoms with E-state index in [9.17, 15) is 23.5 Å². The number of carbonyl (C=O) groups excluding carboxylic acids is 2. The van der Waals surface area contributed by atoms with Crippen molar-refractivity contribution in [3.05, 3.63) is 71.7 Å². The average Bonchev–Trinajstić information content (AvgIpc) is 3.50. The van der Waals surface area contributed by atoms with Gasteiger partial charge in [0.1, 0.15) is 5.78 Å². The third-order valence-electron chi connectivity index (χ3n) is 8.95. The van der Waals surface area contributed by atoms with Gasteiger partial charge < -0.3 is 25.4 Å². The Hall–Kier alpha value is -4.42. The fraction of sp³-hybridized carbons (Fsp3) is 0.394. The van der Waals surface area contributed by atoms with Crippen LogP contribution in [0.15, 0.2) is 48.9 Å². The van der Waals surface area contributed by atoms with Gasteiger partial charge in [0.15, 0.2) is 23.0 Å². The highest BCUT2D eigenvalue weighted by Crippen LogP contribution is 2.32. The van der Waals surface area contributed by atoms with Crippen molar-refractivity contribution in [1.82, 2.24) is 24.6 Å². The molecule has 2 aliphatic heterocycles. The summed E-state index contributed by atoms with van der Waals surface area (Å²) >= 11 is 0. The number of ketones is 1. The molecule has 2 aromatic carbocycles. The lowest BCUT2D eigenvalue weighted by atomic mass is 9.80. The molecular weight excluding hydrogens is 582 g/mol. The van der Waals surface area contributed by atoms with Crippen molar-refractivity contribution in [2.75, 3.05) is 38.6 Å². The Morgan fingerprint density at radius 1 is 1.11 bits per heavy atom. The molecule has 0 aliphatic carbocycles. The van der Waals surface area contributed by atoms with E-state index in [0.717, 1.165) is 12.1 Å². The molecule has 0 saturated carbocycles. The van der Waals surface area contributed by atoms with E-state index < -0.39 is 17.7 Å². The number of likely N-dealkylation sites (tertiary alicyclic amines) is 1. The summed E-state index contributed by atoms with van der Waals surface area (Å²) in [6.45, 7) is 4.14. The van der Waals surface area contributed by atoms with Crippen molar-refractivity contribution in [2.45, 2.75) is 38.7 Å². The first-order valence-electron chi connectivity index (χ1n) is 15.3. The summed E-state index contributed by atoms with van der Waals surface area (Å²) in [4.78, 5) is 37.3. The zero-order valence-electron chi connectivity index (χ0n) is 25.2. The van der Waals surface area contributed by atoms with Crippen LogP contribution < -0.4 is 15.4 Å². The van der Waals surface area contributed by atoms with Crippen molar-refractivity contribution in [3.8, 4) is 17.0 Å². The van der Waals surface area contributed by atoms with Crippen LogP contribution in [0.1, 0.15) is 42.1 Å². The van der Waals surface area contributed by atoms with E-state index in [-0.39, 0.29) is 34.8 Å². The number of piperidine rings is 2. The highest BCUT2D eigenvalue weighted by molar-refractivity contribution is 5.96. The molecule has 12 heteroatoms. The average molecular weight is 619 g/mol. The third kappa shape index (κ3) is 5.87. The van der Waals surface area contributed by atoms with Gasteiger partial charge in [-0.25, -0.2) is 14.4 Å². The smallest absolute Gasteiger partial charge is 0.254 e. The first kappa shape index (κ1) is 30.6. The molecule has 4 aromatic rings. The topological polar surface area (TPSA) is 121 Å². The molecule has 4 heterocycles. The quantitative estimate of drug-likeness (QED) is 0.266. The number of carbonyl (C=O) groups is 2. The Morgan fingerprint density at radius 2 is 1.91 bits per heavy atom. The van der Waals surface area contributed by atoms with E-state index in [1.54, 1.807) is 27.6 Å². The largest absolute Gasteiger partial charge is 0.494 e. The number of aliphatic hydroxyl groups excluding tert-OH is 1. The second-order valence-corrected chi connectivity index (χ2v) is 11.5. The van der Waals surface area contributed by atoms with Crippen LogP contribution in [0.5, 0.6) is 5.75 Å². The Bertz CT molecular complexity index is 1740. The number of aliphatic hydroxyl groups is 1. The van der Waals surface area contributed by atoms with Gasteiger partial charge >= 0.3 is 0 Å². The molecular formula is C33H36F2N6O4. The van der Waals surface area contributed by atoms with Crippen molar-refractivity contribution >= 4 is 28.8 Å². The number of nitrogens with zero attached hydrogens (tertiary/aromatic N) is 4. The van der Waals surface area contributed by atoms with Gasteiger partial charge in [-0.15, -0.1) is 0 Å². The molecule has 2 fully saturated rings. The predicted octanol–water partition coefficient (Wildman–Crippen LogP) is 4.38. The number of ether oxygens (including phenoxy) is 1. The minimum atomic E-state index is -1.08. The van der Waals surface area contributed by atoms with E-state index in [2.05, 4.69) is 20.6 Å². The van der Waals surface area contributed by atoms with E-state index in [1.807, 2.05) is 13.0 Å². The Labute approximate surface area is 259 Å². The van der Waals surface area contributed by atoms with Crippen LogP contribution in [-0.4, -0.2) is 75.5 Å². The summed E-state index contributed by atoms with van der Waals surface area (Å²) < 4.78 is 35.8. The number of Topliss-reactive ketones (excluding diaryl/α,β-unsaturated/α-hetero) is 1. The molecule has 2 atom stereocenters. The number of rotatable bonds is 8. The zero-order valence-corrected chi connectivity index (χ0v) is 25.2. The molecule has 2 aromatic heterocycles. The fourth-order valence-electron chi connectivity index (χ4n) is 6.42. The van der Waals surface area contributed by atoms with Gasteiger partial charge in [0.05, 0.1) is 25.1 Å².